The molecule has 0 aliphatic rings. The van der Waals surface area contributed by atoms with E-state index in [1.54, 1.807) is 0 Å². The average Bonchev–Trinajstić information content (AvgIpc) is 2.26. The van der Waals surface area contributed by atoms with Crippen LogP contribution in [0.1, 0.15) is 10.4 Å². The van der Waals surface area contributed by atoms with E-state index in [2.05, 4.69) is 0 Å². The molecule has 1 rings (SSSR count). The molecule has 0 aliphatic carbocycles. The molecule has 4 nitrogen and oxygen atoms in total. The van der Waals surface area contributed by atoms with Crippen molar-refractivity contribution in [3.63, 3.8) is 0 Å². The van der Waals surface area contributed by atoms with Crippen LogP contribution in [0.4, 0.5) is 8.78 Å². The van der Waals surface area contributed by atoms with Gasteiger partial charge >= 0.3 is 0 Å². The molecule has 94 valence electrons. The highest BCUT2D eigenvalue weighted by Crippen LogP contribution is 2.21. The maximum absolute atomic E-state index is 12.8. The summed E-state index contributed by atoms with van der Waals surface area (Å²) in [6, 6.07) is 3.77. The number of hydrogen-bond donors (Lipinski definition) is 3. The molecule has 0 aliphatic heterocycles. The number of halogens is 3. The van der Waals surface area contributed by atoms with Gasteiger partial charge in [0.15, 0.2) is 0 Å². The Balaban J connectivity index is 2.71. The second-order valence-corrected chi connectivity index (χ2v) is 3.84. The Morgan fingerprint density at radius 2 is 2.18 bits per heavy atom. The number of carbonyl (C=O) groups excluding carboxylic acids is 1. The molecule has 0 bridgehead atoms. The molecular weight excluding hydrogens is 254 g/mol. The summed E-state index contributed by atoms with van der Waals surface area (Å²) >= 11 is 5.57. The van der Waals surface area contributed by atoms with Crippen molar-refractivity contribution < 1.29 is 18.7 Å². The number of nitrogens with two attached hydrogens (primary N) is 1. The molecule has 0 unspecified atom stereocenters. The molecule has 0 saturated carbocycles. The Morgan fingerprint density at radius 3 is 2.71 bits per heavy atom. The molecule has 7 heteroatoms. The van der Waals surface area contributed by atoms with Gasteiger partial charge < -0.3 is 16.2 Å². The molecule has 0 spiro atoms. The molecule has 4 N–H and O–H groups in total. The number of rotatable bonds is 4. The third-order valence-electron chi connectivity index (χ3n) is 2.01. The molecule has 0 atom stereocenters. The molecule has 1 aromatic rings. The summed E-state index contributed by atoms with van der Waals surface area (Å²) in [7, 11) is 0. The standard InChI is InChI=1S/C10H11ClF2N2O2/c11-6-1-2-7(8(16)3-6)9(17)15-5-10(12,13)4-14/h1-3,16H,4-5,14H2,(H,15,17). The lowest BCUT2D eigenvalue weighted by Crippen LogP contribution is -2.41. The Labute approximate surface area is 101 Å². The summed E-state index contributed by atoms with van der Waals surface area (Å²) in [5, 5.41) is 11.6. The fourth-order valence-corrected chi connectivity index (χ4v) is 1.24. The number of phenolic OH excluding ortho intramolecular Hbond substituents is 1. The van der Waals surface area contributed by atoms with Crippen LogP contribution in [0.15, 0.2) is 18.2 Å². The van der Waals surface area contributed by atoms with Gasteiger partial charge in [0.1, 0.15) is 5.75 Å². The first kappa shape index (κ1) is 13.7. The minimum atomic E-state index is -3.17. The molecule has 1 amide bonds. The van der Waals surface area contributed by atoms with Gasteiger partial charge in [0.05, 0.1) is 18.7 Å². The fourth-order valence-electron chi connectivity index (χ4n) is 1.07. The highest BCUT2D eigenvalue weighted by atomic mass is 35.5. The van der Waals surface area contributed by atoms with Crippen LogP contribution in [0.5, 0.6) is 5.75 Å². The van der Waals surface area contributed by atoms with E-state index in [-0.39, 0.29) is 16.3 Å². The number of amides is 1. The number of nitrogens with one attached hydrogen (secondary N) is 1. The molecule has 17 heavy (non-hydrogen) atoms. The van der Waals surface area contributed by atoms with Gasteiger partial charge in [-0.2, -0.15) is 0 Å². The summed E-state index contributed by atoms with van der Waals surface area (Å²) in [4.78, 5) is 11.5. The van der Waals surface area contributed by atoms with E-state index in [0.29, 0.717) is 0 Å². The van der Waals surface area contributed by atoms with Crippen LogP contribution in [0.3, 0.4) is 0 Å². The summed E-state index contributed by atoms with van der Waals surface area (Å²) in [5.74, 6) is -4.35. The van der Waals surface area contributed by atoms with Crippen molar-refractivity contribution in [1.29, 1.82) is 0 Å². The van der Waals surface area contributed by atoms with Crippen molar-refractivity contribution in [2.45, 2.75) is 5.92 Å². The maximum Gasteiger partial charge on any atom is 0.277 e. The number of aromatic hydroxyl groups is 1. The van der Waals surface area contributed by atoms with Crippen LogP contribution in [0.2, 0.25) is 5.02 Å². The van der Waals surface area contributed by atoms with E-state index in [4.69, 9.17) is 17.3 Å². The highest BCUT2D eigenvalue weighted by molar-refractivity contribution is 6.30. The zero-order chi connectivity index (χ0) is 13.1. The largest absolute Gasteiger partial charge is 0.507 e. The van der Waals surface area contributed by atoms with Crippen LogP contribution in [0.25, 0.3) is 0 Å². The summed E-state index contributed by atoms with van der Waals surface area (Å²) in [5.41, 5.74) is 4.69. The quantitative estimate of drug-likeness (QED) is 0.769. The third kappa shape index (κ3) is 3.83. The normalized spacial score (nSPS) is 11.3. The van der Waals surface area contributed by atoms with Gasteiger partial charge in [-0.05, 0) is 18.2 Å². The molecule has 0 fully saturated rings. The summed E-state index contributed by atoms with van der Waals surface area (Å²) < 4.78 is 25.5. The summed E-state index contributed by atoms with van der Waals surface area (Å²) in [6.07, 6.45) is 0. The average molecular weight is 265 g/mol. The Morgan fingerprint density at radius 1 is 1.53 bits per heavy atom. The van der Waals surface area contributed by atoms with Crippen molar-refractivity contribution in [2.75, 3.05) is 13.1 Å². The lowest BCUT2D eigenvalue weighted by molar-refractivity contribution is 0.0118. The third-order valence-corrected chi connectivity index (χ3v) is 2.25. The van der Waals surface area contributed by atoms with E-state index in [9.17, 15) is 18.7 Å². The SMILES string of the molecule is NCC(F)(F)CNC(=O)c1ccc(Cl)cc1O. The van der Waals surface area contributed by atoms with Gasteiger partial charge in [0.2, 0.25) is 0 Å². The van der Waals surface area contributed by atoms with E-state index in [1.165, 1.54) is 12.1 Å². The molecule has 0 heterocycles. The number of benzene rings is 1. The lowest BCUT2D eigenvalue weighted by Gasteiger charge is -2.14. The van der Waals surface area contributed by atoms with Crippen LogP contribution in [0, 0.1) is 0 Å². The first-order chi connectivity index (χ1) is 7.85. The maximum atomic E-state index is 12.8. The first-order valence-electron chi connectivity index (χ1n) is 4.70. The van der Waals surface area contributed by atoms with Gasteiger partial charge in [0, 0.05) is 5.02 Å². The first-order valence-corrected chi connectivity index (χ1v) is 5.08. The zero-order valence-electron chi connectivity index (χ0n) is 8.71. The second kappa shape index (κ2) is 5.29. The van der Waals surface area contributed by atoms with Crippen LogP contribution in [-0.2, 0) is 0 Å². The van der Waals surface area contributed by atoms with Crippen molar-refractivity contribution >= 4 is 17.5 Å². The van der Waals surface area contributed by atoms with Gasteiger partial charge in [-0.1, -0.05) is 11.6 Å². The van der Waals surface area contributed by atoms with Crippen molar-refractivity contribution in [1.82, 2.24) is 5.32 Å². The Hall–Kier alpha value is -1.40. The van der Waals surface area contributed by atoms with Crippen LogP contribution < -0.4 is 11.1 Å². The monoisotopic (exact) mass is 264 g/mol. The van der Waals surface area contributed by atoms with Gasteiger partial charge in [-0.15, -0.1) is 0 Å². The molecular formula is C10H11ClF2N2O2. The van der Waals surface area contributed by atoms with Crippen molar-refractivity contribution in [3.05, 3.63) is 28.8 Å². The molecule has 0 aromatic heterocycles. The predicted octanol–water partition coefficient (Wildman–Crippen LogP) is 1.37. The minimum absolute atomic E-state index is 0.123. The predicted molar refractivity (Wildman–Crippen MR) is 59.5 cm³/mol. The Bertz CT molecular complexity index is 427. The van der Waals surface area contributed by atoms with Gasteiger partial charge in [-0.3, -0.25) is 4.79 Å². The lowest BCUT2D eigenvalue weighted by atomic mass is 10.2. The van der Waals surface area contributed by atoms with Gasteiger partial charge in [-0.25, -0.2) is 8.78 Å². The van der Waals surface area contributed by atoms with Crippen LogP contribution >= 0.6 is 11.6 Å². The number of carbonyl (C=O) groups is 1. The summed E-state index contributed by atoms with van der Waals surface area (Å²) in [6.45, 7) is -1.75. The number of phenols is 1. The molecule has 1 aromatic carbocycles. The molecule has 0 saturated heterocycles. The minimum Gasteiger partial charge on any atom is -0.507 e. The topological polar surface area (TPSA) is 75.3 Å². The fraction of sp³-hybridized carbons (Fsp3) is 0.300. The number of alkyl halides is 2. The van der Waals surface area contributed by atoms with Crippen molar-refractivity contribution in [2.24, 2.45) is 5.73 Å². The number of hydrogen-bond acceptors (Lipinski definition) is 3. The second-order valence-electron chi connectivity index (χ2n) is 3.40. The highest BCUT2D eigenvalue weighted by Gasteiger charge is 2.27. The van der Waals surface area contributed by atoms with E-state index in [1.807, 2.05) is 5.32 Å². The van der Waals surface area contributed by atoms with Crippen LogP contribution in [-0.4, -0.2) is 30.0 Å². The smallest absolute Gasteiger partial charge is 0.277 e. The molecule has 0 radical (unpaired) electrons. The van der Waals surface area contributed by atoms with E-state index in [0.717, 1.165) is 6.07 Å². The van der Waals surface area contributed by atoms with E-state index < -0.39 is 24.9 Å². The van der Waals surface area contributed by atoms with Gasteiger partial charge in [0.25, 0.3) is 11.8 Å². The zero-order valence-corrected chi connectivity index (χ0v) is 9.47. The van der Waals surface area contributed by atoms with Crippen molar-refractivity contribution in [3.8, 4) is 5.75 Å². The van der Waals surface area contributed by atoms with E-state index >= 15 is 0 Å². The Kier molecular flexibility index (Phi) is 4.25.